The van der Waals surface area contributed by atoms with Crippen LogP contribution in [0.25, 0.3) is 0 Å². The number of piperidine rings is 1. The first-order chi connectivity index (χ1) is 10.9. The number of phenolic OH excluding ortho intramolecular Hbond substituents is 1. The molecule has 0 aliphatic carbocycles. The molecule has 3 rings (SSSR count). The molecule has 3 atom stereocenters. The van der Waals surface area contributed by atoms with Crippen molar-refractivity contribution >= 4 is 35.0 Å². The lowest BCUT2D eigenvalue weighted by Crippen LogP contribution is -2.49. The highest BCUT2D eigenvalue weighted by Gasteiger charge is 2.42. The number of phenols is 1. The third-order valence-corrected chi connectivity index (χ3v) is 5.46. The summed E-state index contributed by atoms with van der Waals surface area (Å²) in [5.74, 6) is -0.0391. The monoisotopic (exact) mass is 356 g/mol. The average molecular weight is 357 g/mol. The smallest absolute Gasteiger partial charge is 0.224 e. The second-order valence-corrected chi connectivity index (χ2v) is 7.05. The fraction of sp³-hybridized carbons (Fsp3) is 0.500. The minimum Gasteiger partial charge on any atom is -0.508 e. The van der Waals surface area contributed by atoms with E-state index in [1.54, 1.807) is 6.07 Å². The van der Waals surface area contributed by atoms with Crippen LogP contribution in [0.15, 0.2) is 12.1 Å². The summed E-state index contributed by atoms with van der Waals surface area (Å²) in [5, 5.41) is 13.7. The number of benzene rings is 1. The minimum atomic E-state index is -0.124. The highest BCUT2D eigenvalue weighted by Crippen LogP contribution is 2.44. The Morgan fingerprint density at radius 2 is 2.09 bits per heavy atom. The molecule has 2 aliphatic heterocycles. The SMILES string of the molecule is CC(=O)NC1CC(=O)N2C[C@@H](c3c(O)ccc(Cl)c3Cl)C[C@H]2C1. The lowest BCUT2D eigenvalue weighted by atomic mass is 9.92. The number of carbonyl (C=O) groups is 2. The molecule has 2 N–H and O–H groups in total. The number of nitrogens with one attached hydrogen (secondary N) is 1. The van der Waals surface area contributed by atoms with Crippen molar-refractivity contribution in [3.63, 3.8) is 0 Å². The van der Waals surface area contributed by atoms with Gasteiger partial charge in [-0.1, -0.05) is 23.2 Å². The maximum absolute atomic E-state index is 12.3. The van der Waals surface area contributed by atoms with Gasteiger partial charge in [0.05, 0.1) is 10.0 Å². The van der Waals surface area contributed by atoms with Crippen molar-refractivity contribution in [3.8, 4) is 5.75 Å². The van der Waals surface area contributed by atoms with Crippen molar-refractivity contribution in [2.75, 3.05) is 6.54 Å². The van der Waals surface area contributed by atoms with E-state index in [2.05, 4.69) is 5.32 Å². The van der Waals surface area contributed by atoms with E-state index < -0.39 is 0 Å². The first kappa shape index (κ1) is 16.4. The quantitative estimate of drug-likeness (QED) is 0.855. The van der Waals surface area contributed by atoms with Gasteiger partial charge in [-0.2, -0.15) is 0 Å². The second kappa shape index (κ2) is 6.21. The summed E-state index contributed by atoms with van der Waals surface area (Å²) in [6.45, 7) is 1.97. The zero-order valence-corrected chi connectivity index (χ0v) is 14.2. The second-order valence-electron chi connectivity index (χ2n) is 6.26. The number of aromatic hydroxyl groups is 1. The molecular weight excluding hydrogens is 339 g/mol. The normalized spacial score (nSPS) is 27.0. The number of hydrogen-bond donors (Lipinski definition) is 2. The molecule has 5 nitrogen and oxygen atoms in total. The number of halogens is 2. The summed E-state index contributed by atoms with van der Waals surface area (Å²) in [6.07, 6.45) is 1.74. The van der Waals surface area contributed by atoms with Crippen LogP contribution in [0.1, 0.15) is 37.7 Å². The van der Waals surface area contributed by atoms with Gasteiger partial charge in [-0.3, -0.25) is 9.59 Å². The topological polar surface area (TPSA) is 69.6 Å². The van der Waals surface area contributed by atoms with E-state index in [0.717, 1.165) is 6.42 Å². The van der Waals surface area contributed by atoms with Crippen LogP contribution in [-0.4, -0.2) is 40.4 Å². The fourth-order valence-electron chi connectivity index (χ4n) is 3.74. The molecule has 2 fully saturated rings. The van der Waals surface area contributed by atoms with Gasteiger partial charge in [0, 0.05) is 43.5 Å². The molecule has 1 aromatic carbocycles. The van der Waals surface area contributed by atoms with Crippen molar-refractivity contribution in [2.45, 2.75) is 44.2 Å². The Bertz CT molecular complexity index is 665. The summed E-state index contributed by atoms with van der Waals surface area (Å²) in [7, 11) is 0. The first-order valence-electron chi connectivity index (χ1n) is 7.60. The number of fused-ring (bicyclic) bond motifs is 1. The van der Waals surface area contributed by atoms with Crippen molar-refractivity contribution in [1.29, 1.82) is 0 Å². The molecule has 0 aromatic heterocycles. The van der Waals surface area contributed by atoms with Gasteiger partial charge >= 0.3 is 0 Å². The number of rotatable bonds is 2. The highest BCUT2D eigenvalue weighted by molar-refractivity contribution is 6.42. The molecule has 0 bridgehead atoms. The molecule has 23 heavy (non-hydrogen) atoms. The van der Waals surface area contributed by atoms with E-state index in [4.69, 9.17) is 23.2 Å². The molecule has 0 spiro atoms. The molecule has 2 amide bonds. The zero-order valence-electron chi connectivity index (χ0n) is 12.7. The molecular formula is C16H18Cl2N2O3. The van der Waals surface area contributed by atoms with Gasteiger partial charge in [0.2, 0.25) is 11.8 Å². The number of carbonyl (C=O) groups excluding carboxylic acids is 2. The fourth-order valence-corrected chi connectivity index (χ4v) is 4.22. The van der Waals surface area contributed by atoms with E-state index in [-0.39, 0.29) is 35.6 Å². The van der Waals surface area contributed by atoms with Crippen LogP contribution < -0.4 is 5.32 Å². The van der Waals surface area contributed by atoms with Gasteiger partial charge < -0.3 is 15.3 Å². The lowest BCUT2D eigenvalue weighted by Gasteiger charge is -2.34. The standard InChI is InChI=1S/C16H18Cl2N2O3/c1-8(21)19-10-5-11-4-9(7-20(11)14(23)6-10)15-13(22)3-2-12(17)16(15)18/h2-3,9-11,22H,4-7H2,1H3,(H,19,21)/t9-,10?,11-/m0/s1. The van der Waals surface area contributed by atoms with Crippen LogP contribution >= 0.6 is 23.2 Å². The van der Waals surface area contributed by atoms with E-state index in [0.29, 0.717) is 35.0 Å². The lowest BCUT2D eigenvalue weighted by molar-refractivity contribution is -0.135. The van der Waals surface area contributed by atoms with Crippen molar-refractivity contribution < 1.29 is 14.7 Å². The predicted octanol–water partition coefficient (Wildman–Crippen LogP) is 2.68. The van der Waals surface area contributed by atoms with Crippen LogP contribution in [0.3, 0.4) is 0 Å². The van der Waals surface area contributed by atoms with Gasteiger partial charge in [0.1, 0.15) is 5.75 Å². The van der Waals surface area contributed by atoms with Gasteiger partial charge in [-0.25, -0.2) is 0 Å². The van der Waals surface area contributed by atoms with Crippen molar-refractivity contribution in [2.24, 2.45) is 0 Å². The highest BCUT2D eigenvalue weighted by atomic mass is 35.5. The Morgan fingerprint density at radius 3 is 2.78 bits per heavy atom. The van der Waals surface area contributed by atoms with E-state index >= 15 is 0 Å². The minimum absolute atomic E-state index is 0.0279. The molecule has 0 radical (unpaired) electrons. The third-order valence-electron chi connectivity index (χ3n) is 4.64. The van der Waals surface area contributed by atoms with E-state index in [1.807, 2.05) is 4.90 Å². The summed E-state index contributed by atoms with van der Waals surface area (Å²) in [6, 6.07) is 3.02. The summed E-state index contributed by atoms with van der Waals surface area (Å²) < 4.78 is 0. The first-order valence-corrected chi connectivity index (χ1v) is 8.35. The Morgan fingerprint density at radius 1 is 1.35 bits per heavy atom. The Kier molecular flexibility index (Phi) is 4.43. The molecule has 124 valence electrons. The predicted molar refractivity (Wildman–Crippen MR) is 87.8 cm³/mol. The van der Waals surface area contributed by atoms with Gasteiger partial charge in [0.15, 0.2) is 0 Å². The maximum Gasteiger partial charge on any atom is 0.224 e. The van der Waals surface area contributed by atoms with Crippen LogP contribution in [-0.2, 0) is 9.59 Å². The molecule has 0 saturated carbocycles. The van der Waals surface area contributed by atoms with Gasteiger partial charge in [-0.15, -0.1) is 0 Å². The number of hydrogen-bond acceptors (Lipinski definition) is 3. The summed E-state index contributed by atoms with van der Waals surface area (Å²) in [4.78, 5) is 25.4. The zero-order chi connectivity index (χ0) is 16.7. The van der Waals surface area contributed by atoms with Crippen LogP contribution in [0, 0.1) is 0 Å². The molecule has 2 heterocycles. The van der Waals surface area contributed by atoms with E-state index in [9.17, 15) is 14.7 Å². The van der Waals surface area contributed by atoms with Crippen LogP contribution in [0.4, 0.5) is 0 Å². The largest absolute Gasteiger partial charge is 0.508 e. The van der Waals surface area contributed by atoms with Crippen LogP contribution in [0.5, 0.6) is 5.75 Å². The number of nitrogens with zero attached hydrogens (tertiary/aromatic N) is 1. The van der Waals surface area contributed by atoms with Crippen molar-refractivity contribution in [3.05, 3.63) is 27.7 Å². The molecule has 2 aliphatic rings. The van der Waals surface area contributed by atoms with Gasteiger partial charge in [-0.05, 0) is 25.0 Å². The number of amides is 2. The molecule has 7 heteroatoms. The van der Waals surface area contributed by atoms with Crippen molar-refractivity contribution in [1.82, 2.24) is 10.2 Å². The Balaban J connectivity index is 1.82. The molecule has 1 aromatic rings. The Hall–Kier alpha value is -1.46. The Labute approximate surface area is 144 Å². The molecule has 2 saturated heterocycles. The maximum atomic E-state index is 12.3. The summed E-state index contributed by atoms with van der Waals surface area (Å²) >= 11 is 12.3. The van der Waals surface area contributed by atoms with Gasteiger partial charge in [0.25, 0.3) is 0 Å². The summed E-state index contributed by atoms with van der Waals surface area (Å²) in [5.41, 5.74) is 0.609. The average Bonchev–Trinajstić information content (AvgIpc) is 2.87. The van der Waals surface area contributed by atoms with Crippen LogP contribution in [0.2, 0.25) is 10.0 Å². The van der Waals surface area contributed by atoms with E-state index in [1.165, 1.54) is 13.0 Å². The third kappa shape index (κ3) is 3.12. The molecule has 1 unspecified atom stereocenters.